The smallest absolute Gasteiger partial charge is 0.305 e. The Morgan fingerprint density at radius 1 is 1.77 bits per heavy atom. The van der Waals surface area contributed by atoms with Gasteiger partial charge in [-0.3, -0.25) is 4.79 Å². The second kappa shape index (κ2) is 4.42. The minimum atomic E-state index is -0.918. The molecule has 0 saturated heterocycles. The highest BCUT2D eigenvalue weighted by atomic mass is 16.4. The number of allylic oxidation sites excluding steroid dienone is 2. The Hall–Kier alpha value is -0.830. The summed E-state index contributed by atoms with van der Waals surface area (Å²) < 4.78 is 0. The van der Waals surface area contributed by atoms with Gasteiger partial charge in [0.1, 0.15) is 0 Å². The van der Waals surface area contributed by atoms with Gasteiger partial charge in [0.2, 0.25) is 0 Å². The molecule has 2 N–H and O–H groups in total. The summed E-state index contributed by atoms with van der Waals surface area (Å²) >= 11 is 0. The Morgan fingerprint density at radius 3 is 2.92 bits per heavy atom. The van der Waals surface area contributed by atoms with E-state index >= 15 is 0 Å². The maximum Gasteiger partial charge on any atom is 0.305 e. The van der Waals surface area contributed by atoms with Crippen LogP contribution in [0.15, 0.2) is 11.6 Å². The number of rotatable bonds is 3. The molecule has 0 amide bonds. The minimum absolute atomic E-state index is 0.127. The summed E-state index contributed by atoms with van der Waals surface area (Å²) in [5, 5.41) is 18.0. The van der Waals surface area contributed by atoms with Crippen LogP contribution in [0.1, 0.15) is 32.6 Å². The molecule has 0 aromatic rings. The third-order valence-corrected chi connectivity index (χ3v) is 2.61. The fourth-order valence-electron chi connectivity index (χ4n) is 1.68. The Labute approximate surface area is 78.1 Å². The molecule has 74 valence electrons. The third-order valence-electron chi connectivity index (χ3n) is 2.61. The number of hydrogen-bond donors (Lipinski definition) is 2. The molecular formula is C10H16O3. The van der Waals surface area contributed by atoms with E-state index in [0.29, 0.717) is 0 Å². The lowest BCUT2D eigenvalue weighted by Gasteiger charge is -2.24. The molecule has 0 aromatic carbocycles. The van der Waals surface area contributed by atoms with Gasteiger partial charge in [-0.25, -0.2) is 0 Å². The van der Waals surface area contributed by atoms with Crippen molar-refractivity contribution in [1.29, 1.82) is 0 Å². The number of hydrogen-bond acceptors (Lipinski definition) is 2. The molecule has 1 aliphatic rings. The van der Waals surface area contributed by atoms with E-state index in [-0.39, 0.29) is 12.3 Å². The van der Waals surface area contributed by atoms with Gasteiger partial charge in [0.25, 0.3) is 0 Å². The van der Waals surface area contributed by atoms with E-state index < -0.39 is 12.1 Å². The minimum Gasteiger partial charge on any atom is -0.481 e. The normalized spacial score (nSPS) is 25.1. The van der Waals surface area contributed by atoms with Gasteiger partial charge in [-0.2, -0.15) is 0 Å². The first kappa shape index (κ1) is 10.3. The molecule has 2 unspecified atom stereocenters. The number of aliphatic hydroxyl groups excluding tert-OH is 1. The van der Waals surface area contributed by atoms with Gasteiger partial charge in [0, 0.05) is 0 Å². The molecule has 3 heteroatoms. The van der Waals surface area contributed by atoms with E-state index in [1.165, 1.54) is 5.57 Å². The van der Waals surface area contributed by atoms with Gasteiger partial charge in [-0.1, -0.05) is 11.6 Å². The maximum absolute atomic E-state index is 10.3. The maximum atomic E-state index is 10.3. The lowest BCUT2D eigenvalue weighted by atomic mass is 9.85. The van der Waals surface area contributed by atoms with Crippen molar-refractivity contribution in [1.82, 2.24) is 0 Å². The Balaban J connectivity index is 2.40. The summed E-state index contributed by atoms with van der Waals surface area (Å²) in [6, 6.07) is 0. The first-order valence-corrected chi connectivity index (χ1v) is 4.65. The summed E-state index contributed by atoms with van der Waals surface area (Å²) in [6.07, 6.45) is 4.01. The van der Waals surface area contributed by atoms with Crippen molar-refractivity contribution in [2.24, 2.45) is 5.92 Å². The predicted octanol–water partition coefficient (Wildman–Crippen LogP) is 1.57. The van der Waals surface area contributed by atoms with Crippen LogP contribution >= 0.6 is 0 Å². The van der Waals surface area contributed by atoms with Crippen LogP contribution in [0, 0.1) is 5.92 Å². The first-order chi connectivity index (χ1) is 6.09. The van der Waals surface area contributed by atoms with E-state index in [2.05, 4.69) is 13.0 Å². The van der Waals surface area contributed by atoms with Gasteiger partial charge < -0.3 is 10.2 Å². The van der Waals surface area contributed by atoms with Crippen molar-refractivity contribution >= 4 is 5.97 Å². The molecule has 0 bridgehead atoms. The largest absolute Gasteiger partial charge is 0.481 e. The van der Waals surface area contributed by atoms with E-state index in [9.17, 15) is 9.90 Å². The number of aliphatic carboxylic acids is 1. The fourth-order valence-corrected chi connectivity index (χ4v) is 1.68. The Bertz CT molecular complexity index is 220. The van der Waals surface area contributed by atoms with Crippen molar-refractivity contribution in [3.8, 4) is 0 Å². The second-order valence-electron chi connectivity index (χ2n) is 3.75. The summed E-state index contributed by atoms with van der Waals surface area (Å²) in [6.45, 7) is 2.07. The zero-order valence-corrected chi connectivity index (χ0v) is 7.86. The van der Waals surface area contributed by atoms with Crippen molar-refractivity contribution in [3.63, 3.8) is 0 Å². The standard InChI is InChI=1S/C10H16O3/c1-7-2-4-8(5-3-7)9(11)6-10(12)13/h2,8-9,11H,3-6H2,1H3,(H,12,13). The number of aliphatic hydroxyl groups is 1. The van der Waals surface area contributed by atoms with Crippen molar-refractivity contribution < 1.29 is 15.0 Å². The average Bonchev–Trinajstić information content (AvgIpc) is 2.04. The summed E-state index contributed by atoms with van der Waals surface area (Å²) in [5.41, 5.74) is 1.35. The SMILES string of the molecule is CC1=CCC(C(O)CC(=O)O)CC1. The molecule has 3 nitrogen and oxygen atoms in total. The van der Waals surface area contributed by atoms with E-state index in [0.717, 1.165) is 19.3 Å². The van der Waals surface area contributed by atoms with Gasteiger partial charge in [0.05, 0.1) is 12.5 Å². The lowest BCUT2D eigenvalue weighted by molar-refractivity contribution is -0.140. The molecule has 0 fully saturated rings. The molecule has 13 heavy (non-hydrogen) atoms. The summed E-state index contributed by atoms with van der Waals surface area (Å²) in [4.78, 5) is 10.3. The predicted molar refractivity (Wildman–Crippen MR) is 49.4 cm³/mol. The first-order valence-electron chi connectivity index (χ1n) is 4.65. The van der Waals surface area contributed by atoms with E-state index in [1.807, 2.05) is 0 Å². The van der Waals surface area contributed by atoms with Crippen molar-refractivity contribution in [2.75, 3.05) is 0 Å². The topological polar surface area (TPSA) is 57.5 Å². The molecule has 0 radical (unpaired) electrons. The van der Waals surface area contributed by atoms with Crippen LogP contribution in [0.4, 0.5) is 0 Å². The lowest BCUT2D eigenvalue weighted by Crippen LogP contribution is -2.24. The van der Waals surface area contributed by atoms with Crippen LogP contribution in [0.25, 0.3) is 0 Å². The zero-order valence-electron chi connectivity index (χ0n) is 7.86. The third kappa shape index (κ3) is 3.19. The fraction of sp³-hybridized carbons (Fsp3) is 0.700. The quantitative estimate of drug-likeness (QED) is 0.654. The summed E-state index contributed by atoms with van der Waals surface area (Å²) in [5.74, 6) is -0.779. The van der Waals surface area contributed by atoms with E-state index in [1.54, 1.807) is 0 Å². The number of carbonyl (C=O) groups is 1. The average molecular weight is 184 g/mol. The van der Waals surface area contributed by atoms with Crippen LogP contribution < -0.4 is 0 Å². The van der Waals surface area contributed by atoms with Crippen LogP contribution in [0.3, 0.4) is 0 Å². The molecule has 1 rings (SSSR count). The molecule has 0 saturated carbocycles. The van der Waals surface area contributed by atoms with Crippen molar-refractivity contribution in [3.05, 3.63) is 11.6 Å². The molecule has 0 heterocycles. The summed E-state index contributed by atoms with van der Waals surface area (Å²) in [7, 11) is 0. The van der Waals surface area contributed by atoms with Crippen LogP contribution in [-0.2, 0) is 4.79 Å². The molecular weight excluding hydrogens is 168 g/mol. The number of carboxylic acid groups (broad SMARTS) is 1. The molecule has 1 aliphatic carbocycles. The van der Waals surface area contributed by atoms with Crippen LogP contribution in [-0.4, -0.2) is 22.3 Å². The van der Waals surface area contributed by atoms with E-state index in [4.69, 9.17) is 5.11 Å². The van der Waals surface area contributed by atoms with Crippen LogP contribution in [0.5, 0.6) is 0 Å². The molecule has 0 spiro atoms. The van der Waals surface area contributed by atoms with Crippen LogP contribution in [0.2, 0.25) is 0 Å². The van der Waals surface area contributed by atoms with Crippen molar-refractivity contribution in [2.45, 2.75) is 38.7 Å². The molecule has 0 aromatic heterocycles. The highest BCUT2D eigenvalue weighted by molar-refractivity contribution is 5.67. The highest BCUT2D eigenvalue weighted by Crippen LogP contribution is 2.26. The van der Waals surface area contributed by atoms with Gasteiger partial charge in [-0.05, 0) is 32.1 Å². The molecule has 0 aliphatic heterocycles. The molecule has 2 atom stereocenters. The highest BCUT2D eigenvalue weighted by Gasteiger charge is 2.22. The number of carboxylic acids is 1. The zero-order chi connectivity index (χ0) is 9.84. The Kier molecular flexibility index (Phi) is 3.48. The Morgan fingerprint density at radius 2 is 2.46 bits per heavy atom. The van der Waals surface area contributed by atoms with Gasteiger partial charge in [0.15, 0.2) is 0 Å². The van der Waals surface area contributed by atoms with Gasteiger partial charge >= 0.3 is 5.97 Å². The monoisotopic (exact) mass is 184 g/mol. The second-order valence-corrected chi connectivity index (χ2v) is 3.75. The van der Waals surface area contributed by atoms with Gasteiger partial charge in [-0.15, -0.1) is 0 Å².